The van der Waals surface area contributed by atoms with Gasteiger partial charge >= 0.3 is 12.1 Å². The van der Waals surface area contributed by atoms with Crippen molar-refractivity contribution < 1.29 is 37.0 Å². The Morgan fingerprint density at radius 1 is 1.02 bits per heavy atom. The number of carbonyl (C=O) groups is 2. The molecule has 4 heterocycles. The van der Waals surface area contributed by atoms with Crippen molar-refractivity contribution in [3.63, 3.8) is 0 Å². The maximum absolute atomic E-state index is 13.8. The molecule has 4 aromatic rings. The summed E-state index contributed by atoms with van der Waals surface area (Å²) in [4.78, 5) is 31.6. The lowest BCUT2D eigenvalue weighted by Crippen LogP contribution is -2.46. The first kappa shape index (κ1) is 27.0. The van der Waals surface area contributed by atoms with E-state index >= 15 is 0 Å². The molecule has 1 saturated carbocycles. The average Bonchev–Trinajstić information content (AvgIpc) is 3.73. The zero-order valence-electron chi connectivity index (χ0n) is 21.9. The zero-order valence-corrected chi connectivity index (χ0v) is 21.9. The van der Waals surface area contributed by atoms with E-state index in [1.54, 1.807) is 35.1 Å². The van der Waals surface area contributed by atoms with Crippen LogP contribution in [0.5, 0.6) is 0 Å². The Labute approximate surface area is 232 Å². The third-order valence-corrected chi connectivity index (χ3v) is 7.91. The van der Waals surface area contributed by atoms with Gasteiger partial charge < -0.3 is 14.3 Å². The fourth-order valence-electron chi connectivity index (χ4n) is 5.67. The van der Waals surface area contributed by atoms with Gasteiger partial charge in [-0.3, -0.25) is 9.69 Å². The van der Waals surface area contributed by atoms with Gasteiger partial charge in [0.05, 0.1) is 24.3 Å². The maximum Gasteiger partial charge on any atom is 0.391 e. The number of furan rings is 1. The van der Waals surface area contributed by atoms with Crippen molar-refractivity contribution in [3.8, 4) is 22.6 Å². The van der Waals surface area contributed by atoms with Crippen LogP contribution in [-0.2, 0) is 9.53 Å². The third-order valence-electron chi connectivity index (χ3n) is 7.91. The number of aromatic nitrogens is 3. The minimum Gasteiger partial charge on any atom is -0.477 e. The Hall–Kier alpha value is -4.19. The van der Waals surface area contributed by atoms with E-state index in [2.05, 4.69) is 10.1 Å². The molecule has 1 amide bonds. The van der Waals surface area contributed by atoms with Crippen LogP contribution in [0.15, 0.2) is 59.3 Å². The number of hydrogen-bond acceptors (Lipinski definition) is 6. The van der Waals surface area contributed by atoms with E-state index < -0.39 is 35.9 Å². The molecule has 1 aromatic carbocycles. The molecule has 0 radical (unpaired) electrons. The van der Waals surface area contributed by atoms with E-state index in [4.69, 9.17) is 9.15 Å². The van der Waals surface area contributed by atoms with Crippen molar-refractivity contribution in [3.05, 3.63) is 60.4 Å². The minimum atomic E-state index is -4.29. The van der Waals surface area contributed by atoms with E-state index in [1.165, 1.54) is 11.0 Å². The number of carbonyl (C=O) groups excluding carboxylic acids is 1. The first-order valence-electron chi connectivity index (χ1n) is 13.4. The molecule has 0 bridgehead atoms. The topological polar surface area (TPSA) is 110 Å². The van der Waals surface area contributed by atoms with Gasteiger partial charge in [-0.1, -0.05) is 24.3 Å². The molecule has 0 spiro atoms. The fraction of sp³-hybridized carbons (Fsp3) is 0.379. The van der Waals surface area contributed by atoms with E-state index in [0.717, 1.165) is 5.56 Å². The van der Waals surface area contributed by atoms with Crippen LogP contribution in [0.1, 0.15) is 42.5 Å². The van der Waals surface area contributed by atoms with E-state index in [1.807, 2.05) is 18.2 Å². The summed E-state index contributed by atoms with van der Waals surface area (Å²) in [7, 11) is 0. The molecule has 41 heavy (non-hydrogen) atoms. The number of nitrogens with zero attached hydrogens (tertiary/aromatic N) is 4. The summed E-state index contributed by atoms with van der Waals surface area (Å²) >= 11 is 0. The number of benzene rings is 1. The standard InChI is InChI=1S/C29H27F3N4O5/c30-29(31,32)20-8-6-19(7-9-20)26(37)36(21-10-13-40-16-21)27-22(28(38)39)14-24(41-27)18-4-2-17(3-5-18)23-15-25-33-11-1-12-35(25)34-23/h1-5,11-12,14-15,19-21H,6-10,13,16H2,(H,38,39). The molecule has 214 valence electrons. The zero-order chi connectivity index (χ0) is 28.7. The molecule has 6 rings (SSSR count). The smallest absolute Gasteiger partial charge is 0.391 e. The Bertz CT molecular complexity index is 1530. The molecule has 1 unspecified atom stereocenters. The Balaban J connectivity index is 1.30. The summed E-state index contributed by atoms with van der Waals surface area (Å²) in [5.74, 6) is -3.68. The average molecular weight is 569 g/mol. The molecule has 9 nitrogen and oxygen atoms in total. The molecule has 1 atom stereocenters. The number of ether oxygens (including phenoxy) is 1. The van der Waals surface area contributed by atoms with Crippen molar-refractivity contribution in [2.75, 3.05) is 18.1 Å². The normalized spacial score (nSPS) is 21.3. The number of rotatable bonds is 6. The summed E-state index contributed by atoms with van der Waals surface area (Å²) in [6, 6.07) is 11.7. The van der Waals surface area contributed by atoms with Crippen LogP contribution in [0.2, 0.25) is 0 Å². The van der Waals surface area contributed by atoms with Gasteiger partial charge in [0.2, 0.25) is 11.8 Å². The summed E-state index contributed by atoms with van der Waals surface area (Å²) < 4.78 is 52.9. The van der Waals surface area contributed by atoms with Crippen molar-refractivity contribution in [1.82, 2.24) is 14.6 Å². The van der Waals surface area contributed by atoms with Gasteiger partial charge in [0, 0.05) is 48.2 Å². The molecule has 2 aliphatic rings. The lowest BCUT2D eigenvalue weighted by atomic mass is 9.81. The molecule has 3 aromatic heterocycles. The molecule has 2 fully saturated rings. The molecule has 12 heteroatoms. The molecule has 1 aliphatic carbocycles. The Kier molecular flexibility index (Phi) is 7.02. The number of hydrogen-bond donors (Lipinski definition) is 1. The predicted octanol–water partition coefficient (Wildman–Crippen LogP) is 5.85. The largest absolute Gasteiger partial charge is 0.477 e. The van der Waals surface area contributed by atoms with E-state index in [0.29, 0.717) is 29.9 Å². The maximum atomic E-state index is 13.8. The highest BCUT2D eigenvalue weighted by Crippen LogP contribution is 2.42. The number of carboxylic acids is 1. The van der Waals surface area contributed by atoms with Crippen molar-refractivity contribution in [2.45, 2.75) is 44.3 Å². The van der Waals surface area contributed by atoms with Gasteiger partial charge in [-0.25, -0.2) is 14.3 Å². The quantitative estimate of drug-likeness (QED) is 0.311. The molecule has 1 N–H and O–H groups in total. The molecule has 1 aliphatic heterocycles. The molecule has 1 saturated heterocycles. The lowest BCUT2D eigenvalue weighted by molar-refractivity contribution is -0.184. The summed E-state index contributed by atoms with van der Waals surface area (Å²) in [5.41, 5.74) is 2.62. The van der Waals surface area contributed by atoms with Gasteiger partial charge in [0.15, 0.2) is 5.65 Å². The van der Waals surface area contributed by atoms with Crippen LogP contribution in [0.3, 0.4) is 0 Å². The number of alkyl halides is 3. The van der Waals surface area contributed by atoms with Crippen LogP contribution in [0, 0.1) is 11.8 Å². The van der Waals surface area contributed by atoms with Crippen LogP contribution in [-0.4, -0.2) is 57.0 Å². The first-order valence-corrected chi connectivity index (χ1v) is 13.4. The number of amides is 1. The minimum absolute atomic E-state index is 0.0725. The highest BCUT2D eigenvalue weighted by atomic mass is 19.4. The first-order chi connectivity index (χ1) is 19.7. The molecular formula is C29H27F3N4O5. The highest BCUT2D eigenvalue weighted by Gasteiger charge is 2.45. The number of anilines is 1. The second-order valence-electron chi connectivity index (χ2n) is 10.5. The number of fused-ring (bicyclic) bond motifs is 1. The predicted molar refractivity (Wildman–Crippen MR) is 141 cm³/mol. The van der Waals surface area contributed by atoms with E-state index in [9.17, 15) is 27.9 Å². The SMILES string of the molecule is O=C(O)c1cc(-c2ccc(-c3cc4ncccn4n3)cc2)oc1N(C(=O)C1CCC(C(F)(F)F)CC1)C1CCOC1. The van der Waals surface area contributed by atoms with E-state index in [-0.39, 0.29) is 49.5 Å². The second-order valence-corrected chi connectivity index (χ2v) is 10.5. The Morgan fingerprint density at radius 2 is 1.76 bits per heavy atom. The van der Waals surface area contributed by atoms with Gasteiger partial charge in [0.25, 0.3) is 0 Å². The molecular weight excluding hydrogens is 541 g/mol. The second kappa shape index (κ2) is 10.7. The van der Waals surface area contributed by atoms with Crippen LogP contribution in [0.4, 0.5) is 19.1 Å². The van der Waals surface area contributed by atoms with Crippen LogP contribution >= 0.6 is 0 Å². The lowest BCUT2D eigenvalue weighted by Gasteiger charge is -2.34. The number of carboxylic acid groups (broad SMARTS) is 1. The number of halogens is 3. The summed E-state index contributed by atoms with van der Waals surface area (Å²) in [5, 5.41) is 14.5. The Morgan fingerprint density at radius 3 is 2.39 bits per heavy atom. The van der Waals surface area contributed by atoms with Gasteiger partial charge in [-0.15, -0.1) is 0 Å². The summed E-state index contributed by atoms with van der Waals surface area (Å²) in [6.45, 7) is 0.562. The van der Waals surface area contributed by atoms with Crippen molar-refractivity contribution >= 4 is 23.4 Å². The monoisotopic (exact) mass is 568 g/mol. The number of aromatic carboxylic acids is 1. The van der Waals surface area contributed by atoms with Crippen LogP contribution in [0.25, 0.3) is 28.2 Å². The van der Waals surface area contributed by atoms with Crippen LogP contribution < -0.4 is 4.90 Å². The third kappa shape index (κ3) is 5.31. The van der Waals surface area contributed by atoms with Gasteiger partial charge in [0.1, 0.15) is 11.3 Å². The van der Waals surface area contributed by atoms with Gasteiger partial charge in [-0.05, 0) is 38.2 Å². The van der Waals surface area contributed by atoms with Crippen molar-refractivity contribution in [2.24, 2.45) is 11.8 Å². The van der Waals surface area contributed by atoms with Gasteiger partial charge in [-0.2, -0.15) is 18.3 Å². The highest BCUT2D eigenvalue weighted by molar-refractivity contribution is 6.02. The summed E-state index contributed by atoms with van der Waals surface area (Å²) in [6.07, 6.45) is -0.498. The fourth-order valence-corrected chi connectivity index (χ4v) is 5.67. The van der Waals surface area contributed by atoms with Crippen molar-refractivity contribution in [1.29, 1.82) is 0 Å².